The second kappa shape index (κ2) is 5.65. The fourth-order valence-electron chi connectivity index (χ4n) is 3.65. The average Bonchev–Trinajstić information content (AvgIpc) is 3.32. The molecular weight excluding hydrogens is 369 g/mol. The molecule has 0 saturated heterocycles. The van der Waals surface area contributed by atoms with Crippen LogP contribution >= 0.6 is 11.6 Å². The number of carbonyl (C=O) groups is 1. The van der Waals surface area contributed by atoms with E-state index in [1.165, 1.54) is 12.3 Å². The molecule has 1 N–H and O–H groups in total. The lowest BCUT2D eigenvalue weighted by Crippen LogP contribution is -2.30. The molecule has 0 radical (unpaired) electrons. The quantitative estimate of drug-likeness (QED) is 0.573. The second-order valence-corrected chi connectivity index (χ2v) is 6.85. The number of benzene rings is 2. The number of carbonyl (C=O) groups excluding carboxylic acids is 1. The zero-order chi connectivity index (χ0) is 18.7. The zero-order valence-electron chi connectivity index (χ0n) is 14.1. The number of halogens is 2. The number of amides is 1. The van der Waals surface area contributed by atoms with Gasteiger partial charge in [0.05, 0.1) is 34.8 Å². The number of aryl methyl sites for hydroxylation is 1. The van der Waals surface area contributed by atoms with Gasteiger partial charge in [-0.2, -0.15) is 5.10 Å². The van der Waals surface area contributed by atoms with Crippen LogP contribution in [0.25, 0.3) is 11.0 Å². The number of nitrogens with one attached hydrogen (secondary N) is 1. The number of nitrogens with zero attached hydrogens (tertiary/aromatic N) is 4. The Labute approximate surface area is 158 Å². The summed E-state index contributed by atoms with van der Waals surface area (Å²) >= 11 is 5.92. The number of hydrogen-bond donors (Lipinski definition) is 1. The predicted molar refractivity (Wildman–Crippen MR) is 99.4 cm³/mol. The maximum Gasteiger partial charge on any atom is 0.262 e. The summed E-state index contributed by atoms with van der Waals surface area (Å²) in [6, 6.07) is 9.31. The van der Waals surface area contributed by atoms with Gasteiger partial charge in [0, 0.05) is 23.3 Å². The van der Waals surface area contributed by atoms with E-state index in [0.29, 0.717) is 27.5 Å². The van der Waals surface area contributed by atoms with E-state index < -0.39 is 11.9 Å². The van der Waals surface area contributed by atoms with Crippen molar-refractivity contribution in [3.8, 4) is 0 Å². The Balaban J connectivity index is 1.74. The molecule has 1 unspecified atom stereocenters. The highest BCUT2D eigenvalue weighted by Crippen LogP contribution is 2.42. The highest BCUT2D eigenvalue weighted by molar-refractivity contribution is 6.30. The standard InChI is InChI=1S/C19H13ClFN5O/c1-25-17-13(8-24-25)19(27)26(11-3-5-15-16(7-11)23-9-22-15)18(17)12-4-2-10(20)6-14(12)21/h2-9,18H,1H3,(H,22,23). The molecule has 0 aliphatic carbocycles. The number of hydrogen-bond acceptors (Lipinski definition) is 3. The van der Waals surface area contributed by atoms with Crippen molar-refractivity contribution in [1.29, 1.82) is 0 Å². The van der Waals surface area contributed by atoms with Crippen molar-refractivity contribution in [2.75, 3.05) is 4.90 Å². The first-order valence-corrected chi connectivity index (χ1v) is 8.66. The van der Waals surface area contributed by atoms with Crippen molar-refractivity contribution in [3.05, 3.63) is 76.6 Å². The van der Waals surface area contributed by atoms with E-state index in [4.69, 9.17) is 11.6 Å². The fraction of sp³-hybridized carbons (Fsp3) is 0.105. The van der Waals surface area contributed by atoms with E-state index in [9.17, 15) is 9.18 Å². The van der Waals surface area contributed by atoms with Gasteiger partial charge in [-0.25, -0.2) is 9.37 Å². The molecule has 1 atom stereocenters. The van der Waals surface area contributed by atoms with Gasteiger partial charge in [-0.05, 0) is 30.3 Å². The molecule has 2 aromatic heterocycles. The van der Waals surface area contributed by atoms with Gasteiger partial charge < -0.3 is 4.98 Å². The average molecular weight is 382 g/mol. The monoisotopic (exact) mass is 381 g/mol. The molecule has 1 amide bonds. The first-order valence-electron chi connectivity index (χ1n) is 8.28. The molecule has 0 bridgehead atoms. The van der Waals surface area contributed by atoms with Crippen molar-refractivity contribution in [2.45, 2.75) is 6.04 Å². The van der Waals surface area contributed by atoms with Crippen LogP contribution in [0.5, 0.6) is 0 Å². The minimum atomic E-state index is -0.645. The third kappa shape index (κ3) is 2.28. The predicted octanol–water partition coefficient (Wildman–Crippen LogP) is 3.84. The van der Waals surface area contributed by atoms with Crippen molar-refractivity contribution in [3.63, 3.8) is 0 Å². The molecule has 6 nitrogen and oxygen atoms in total. The Morgan fingerprint density at radius 3 is 2.89 bits per heavy atom. The van der Waals surface area contributed by atoms with Crippen molar-refractivity contribution < 1.29 is 9.18 Å². The van der Waals surface area contributed by atoms with Crippen LogP contribution in [0.1, 0.15) is 27.7 Å². The summed E-state index contributed by atoms with van der Waals surface area (Å²) in [6.07, 6.45) is 3.11. The maximum atomic E-state index is 14.8. The van der Waals surface area contributed by atoms with E-state index in [1.807, 2.05) is 18.2 Å². The number of anilines is 1. The third-order valence-corrected chi connectivity index (χ3v) is 5.13. The van der Waals surface area contributed by atoms with Gasteiger partial charge in [-0.3, -0.25) is 14.4 Å². The van der Waals surface area contributed by atoms with Gasteiger partial charge in [-0.1, -0.05) is 17.7 Å². The van der Waals surface area contributed by atoms with Gasteiger partial charge in [0.2, 0.25) is 0 Å². The number of aromatic amines is 1. The highest BCUT2D eigenvalue weighted by atomic mass is 35.5. The number of rotatable bonds is 2. The van der Waals surface area contributed by atoms with Gasteiger partial charge in [0.25, 0.3) is 5.91 Å². The van der Waals surface area contributed by atoms with Gasteiger partial charge in [0.1, 0.15) is 11.9 Å². The lowest BCUT2D eigenvalue weighted by atomic mass is 10.0. The minimum absolute atomic E-state index is 0.229. The van der Waals surface area contributed by atoms with E-state index in [-0.39, 0.29) is 5.91 Å². The molecule has 134 valence electrons. The van der Waals surface area contributed by atoms with Crippen LogP contribution in [0.2, 0.25) is 5.02 Å². The smallest absolute Gasteiger partial charge is 0.262 e. The molecule has 27 heavy (non-hydrogen) atoms. The Kier molecular flexibility index (Phi) is 3.35. The number of H-pyrrole nitrogens is 1. The highest BCUT2D eigenvalue weighted by Gasteiger charge is 2.42. The summed E-state index contributed by atoms with van der Waals surface area (Å²) in [5, 5.41) is 4.49. The summed E-state index contributed by atoms with van der Waals surface area (Å²) in [6.45, 7) is 0. The zero-order valence-corrected chi connectivity index (χ0v) is 14.9. The van der Waals surface area contributed by atoms with Gasteiger partial charge >= 0.3 is 0 Å². The van der Waals surface area contributed by atoms with Gasteiger partial charge in [-0.15, -0.1) is 0 Å². The molecule has 5 rings (SSSR count). The SMILES string of the molecule is Cn1ncc2c1C(c1ccc(Cl)cc1F)N(c1ccc3[nH]cnc3c1)C2=O. The van der Waals surface area contributed by atoms with Crippen LogP contribution in [0.4, 0.5) is 10.1 Å². The fourth-order valence-corrected chi connectivity index (χ4v) is 3.81. The van der Waals surface area contributed by atoms with Gasteiger partial charge in [0.15, 0.2) is 0 Å². The lowest BCUT2D eigenvalue weighted by molar-refractivity contribution is 0.0993. The molecule has 0 fully saturated rings. The van der Waals surface area contributed by atoms with Crippen molar-refractivity contribution >= 4 is 34.2 Å². The van der Waals surface area contributed by atoms with E-state index in [1.54, 1.807) is 35.1 Å². The molecule has 1 aliphatic rings. The normalized spacial score (nSPS) is 16.3. The Morgan fingerprint density at radius 2 is 2.07 bits per heavy atom. The van der Waals surface area contributed by atoms with Crippen LogP contribution in [0.15, 0.2) is 48.9 Å². The molecule has 8 heteroatoms. The Morgan fingerprint density at radius 1 is 1.22 bits per heavy atom. The number of fused-ring (bicyclic) bond motifs is 2. The summed E-state index contributed by atoms with van der Waals surface area (Å²) in [7, 11) is 1.74. The molecular formula is C19H13ClFN5O. The van der Waals surface area contributed by atoms with Crippen LogP contribution < -0.4 is 4.90 Å². The van der Waals surface area contributed by atoms with Crippen LogP contribution in [-0.2, 0) is 7.05 Å². The second-order valence-electron chi connectivity index (χ2n) is 6.41. The van der Waals surface area contributed by atoms with E-state index in [0.717, 1.165) is 11.0 Å². The van der Waals surface area contributed by atoms with Crippen LogP contribution in [-0.4, -0.2) is 25.7 Å². The molecule has 0 saturated carbocycles. The summed E-state index contributed by atoms with van der Waals surface area (Å²) < 4.78 is 16.4. The third-order valence-electron chi connectivity index (χ3n) is 4.89. The summed E-state index contributed by atoms with van der Waals surface area (Å²) in [4.78, 5) is 22.0. The molecule has 3 heterocycles. The molecule has 4 aromatic rings. The Hall–Kier alpha value is -3.19. The van der Waals surface area contributed by atoms with Crippen LogP contribution in [0.3, 0.4) is 0 Å². The Bertz CT molecular complexity index is 1210. The largest absolute Gasteiger partial charge is 0.345 e. The molecule has 1 aliphatic heterocycles. The topological polar surface area (TPSA) is 66.8 Å². The summed E-state index contributed by atoms with van der Waals surface area (Å²) in [5.74, 6) is -0.701. The molecule has 0 spiro atoms. The van der Waals surface area contributed by atoms with Crippen molar-refractivity contribution in [1.82, 2.24) is 19.7 Å². The summed E-state index contributed by atoms with van der Waals surface area (Å²) in [5.41, 5.74) is 3.68. The first-order chi connectivity index (χ1) is 13.0. The minimum Gasteiger partial charge on any atom is -0.345 e. The maximum absolute atomic E-state index is 14.8. The number of imidazole rings is 1. The van der Waals surface area contributed by atoms with E-state index in [2.05, 4.69) is 15.1 Å². The van der Waals surface area contributed by atoms with E-state index >= 15 is 0 Å². The number of aromatic nitrogens is 4. The lowest BCUT2D eigenvalue weighted by Gasteiger charge is -2.26. The van der Waals surface area contributed by atoms with Crippen molar-refractivity contribution in [2.24, 2.45) is 7.05 Å². The first kappa shape index (κ1) is 16.0. The molecule has 2 aromatic carbocycles. The van der Waals surface area contributed by atoms with Crippen LogP contribution in [0, 0.1) is 5.82 Å².